The molecule has 1 saturated carbocycles. The van der Waals surface area contributed by atoms with E-state index in [0.29, 0.717) is 18.5 Å². The average molecular weight is 253 g/mol. The second-order valence-electron chi connectivity index (χ2n) is 5.33. The monoisotopic (exact) mass is 253 g/mol. The van der Waals surface area contributed by atoms with Gasteiger partial charge in [-0.25, -0.2) is 0 Å². The topological polar surface area (TPSA) is 61.4 Å². The van der Waals surface area contributed by atoms with Crippen LogP contribution in [0.15, 0.2) is 0 Å². The molecule has 2 N–H and O–H groups in total. The van der Waals surface area contributed by atoms with Crippen LogP contribution < -0.4 is 10.6 Å². The summed E-state index contributed by atoms with van der Waals surface area (Å²) in [4.78, 5) is 24.5. The smallest absolute Gasteiger partial charge is 0.221 e. The van der Waals surface area contributed by atoms with Crippen LogP contribution in [0.3, 0.4) is 0 Å². The molecule has 5 heteroatoms. The lowest BCUT2D eigenvalue weighted by atomic mass is 10.0. The fourth-order valence-corrected chi connectivity index (χ4v) is 2.32. The normalized spacial score (nSPS) is 20.8. The molecule has 102 valence electrons. The third-order valence-corrected chi connectivity index (χ3v) is 3.67. The number of nitrogens with one attached hydrogen (secondary N) is 2. The number of likely N-dealkylation sites (tertiary alicyclic amines) is 1. The van der Waals surface area contributed by atoms with Gasteiger partial charge in [0.1, 0.15) is 0 Å². The van der Waals surface area contributed by atoms with E-state index in [0.717, 1.165) is 45.3 Å². The van der Waals surface area contributed by atoms with Crippen LogP contribution in [0.1, 0.15) is 39.0 Å². The first-order chi connectivity index (χ1) is 8.65. The van der Waals surface area contributed by atoms with E-state index >= 15 is 0 Å². The molecule has 5 nitrogen and oxygen atoms in total. The molecule has 18 heavy (non-hydrogen) atoms. The number of rotatable bonds is 5. The molecule has 1 saturated heterocycles. The Bertz CT molecular complexity index is 307. The van der Waals surface area contributed by atoms with Crippen molar-refractivity contribution in [3.05, 3.63) is 0 Å². The molecule has 2 fully saturated rings. The first-order valence-electron chi connectivity index (χ1n) is 6.93. The number of piperidine rings is 1. The predicted octanol–water partition coefficient (Wildman–Crippen LogP) is 0.256. The quantitative estimate of drug-likeness (QED) is 0.738. The zero-order chi connectivity index (χ0) is 13.0. The Kier molecular flexibility index (Phi) is 4.58. The standard InChI is InChI=1S/C13H23N3O2/c1-10(17)16-8-5-11(6-9-16)14-7-4-13(18)15-12-2-3-12/h11-12,14H,2-9H2,1H3,(H,15,18). The van der Waals surface area contributed by atoms with Gasteiger partial charge >= 0.3 is 0 Å². The number of amides is 2. The molecular weight excluding hydrogens is 230 g/mol. The van der Waals surface area contributed by atoms with Gasteiger partial charge in [0.15, 0.2) is 0 Å². The lowest BCUT2D eigenvalue weighted by Gasteiger charge is -2.31. The molecule has 1 aliphatic carbocycles. The maximum absolute atomic E-state index is 11.5. The maximum atomic E-state index is 11.5. The molecule has 0 bridgehead atoms. The van der Waals surface area contributed by atoms with Gasteiger partial charge in [-0.1, -0.05) is 0 Å². The third kappa shape index (κ3) is 4.29. The molecule has 2 aliphatic rings. The first-order valence-corrected chi connectivity index (χ1v) is 6.93. The van der Waals surface area contributed by atoms with E-state index < -0.39 is 0 Å². The first kappa shape index (κ1) is 13.3. The highest BCUT2D eigenvalue weighted by Crippen LogP contribution is 2.18. The molecular formula is C13H23N3O2. The Morgan fingerprint density at radius 2 is 1.78 bits per heavy atom. The molecule has 0 aromatic carbocycles. The summed E-state index contributed by atoms with van der Waals surface area (Å²) in [5.41, 5.74) is 0. The Hall–Kier alpha value is -1.10. The van der Waals surface area contributed by atoms with Gasteiger partial charge in [0.2, 0.25) is 11.8 Å². The SMILES string of the molecule is CC(=O)N1CCC(NCCC(=O)NC2CC2)CC1. The van der Waals surface area contributed by atoms with Crippen molar-refractivity contribution in [2.75, 3.05) is 19.6 Å². The summed E-state index contributed by atoms with van der Waals surface area (Å²) in [5, 5.41) is 6.39. The van der Waals surface area contributed by atoms with E-state index in [1.807, 2.05) is 4.90 Å². The van der Waals surface area contributed by atoms with Crippen molar-refractivity contribution in [1.29, 1.82) is 0 Å². The van der Waals surface area contributed by atoms with Gasteiger partial charge in [0.05, 0.1) is 0 Å². The van der Waals surface area contributed by atoms with Gasteiger partial charge in [-0.15, -0.1) is 0 Å². The minimum atomic E-state index is 0.158. The van der Waals surface area contributed by atoms with Crippen LogP contribution in [0.25, 0.3) is 0 Å². The Morgan fingerprint density at radius 1 is 1.11 bits per heavy atom. The summed E-state index contributed by atoms with van der Waals surface area (Å²) in [5.74, 6) is 0.323. The lowest BCUT2D eigenvalue weighted by molar-refractivity contribution is -0.129. The van der Waals surface area contributed by atoms with E-state index in [1.165, 1.54) is 0 Å². The molecule has 0 radical (unpaired) electrons. The summed E-state index contributed by atoms with van der Waals surface area (Å²) in [6, 6.07) is 0.908. The molecule has 2 rings (SSSR count). The second kappa shape index (κ2) is 6.18. The van der Waals surface area contributed by atoms with Crippen LogP contribution in [0.2, 0.25) is 0 Å². The Balaban J connectivity index is 1.54. The van der Waals surface area contributed by atoms with Crippen molar-refractivity contribution < 1.29 is 9.59 Å². The zero-order valence-corrected chi connectivity index (χ0v) is 11.1. The van der Waals surface area contributed by atoms with Crippen LogP contribution in [0, 0.1) is 0 Å². The highest BCUT2D eigenvalue weighted by molar-refractivity contribution is 5.76. The number of carbonyl (C=O) groups excluding carboxylic acids is 2. The van der Waals surface area contributed by atoms with Gasteiger partial charge in [-0.2, -0.15) is 0 Å². The molecule has 0 aromatic heterocycles. The third-order valence-electron chi connectivity index (χ3n) is 3.67. The molecule has 2 amide bonds. The van der Waals surface area contributed by atoms with Gasteiger partial charge in [-0.3, -0.25) is 9.59 Å². The largest absolute Gasteiger partial charge is 0.353 e. The fourth-order valence-electron chi connectivity index (χ4n) is 2.32. The molecule has 0 spiro atoms. The van der Waals surface area contributed by atoms with E-state index in [4.69, 9.17) is 0 Å². The number of nitrogens with zero attached hydrogens (tertiary/aromatic N) is 1. The molecule has 1 aliphatic heterocycles. The van der Waals surface area contributed by atoms with Crippen molar-refractivity contribution in [1.82, 2.24) is 15.5 Å². The summed E-state index contributed by atoms with van der Waals surface area (Å²) in [7, 11) is 0. The van der Waals surface area contributed by atoms with Gasteiger partial charge in [-0.05, 0) is 25.7 Å². The van der Waals surface area contributed by atoms with Crippen LogP contribution in [-0.4, -0.2) is 48.4 Å². The molecule has 0 atom stereocenters. The van der Waals surface area contributed by atoms with E-state index in [2.05, 4.69) is 10.6 Å². The summed E-state index contributed by atoms with van der Waals surface area (Å²) >= 11 is 0. The average Bonchev–Trinajstić information content (AvgIpc) is 3.13. The fraction of sp³-hybridized carbons (Fsp3) is 0.846. The van der Waals surface area contributed by atoms with Gasteiger partial charge in [0, 0.05) is 45.1 Å². The molecule has 1 heterocycles. The highest BCUT2D eigenvalue weighted by atomic mass is 16.2. The second-order valence-corrected chi connectivity index (χ2v) is 5.33. The minimum Gasteiger partial charge on any atom is -0.353 e. The summed E-state index contributed by atoms with van der Waals surface area (Å²) < 4.78 is 0. The summed E-state index contributed by atoms with van der Waals surface area (Å²) in [6.45, 7) is 4.03. The number of carbonyl (C=O) groups is 2. The Morgan fingerprint density at radius 3 is 2.33 bits per heavy atom. The van der Waals surface area contributed by atoms with Gasteiger partial charge in [0.25, 0.3) is 0 Å². The van der Waals surface area contributed by atoms with Crippen molar-refractivity contribution in [2.24, 2.45) is 0 Å². The van der Waals surface area contributed by atoms with Crippen molar-refractivity contribution in [3.63, 3.8) is 0 Å². The summed E-state index contributed by atoms with van der Waals surface area (Å²) in [6.07, 6.45) is 4.82. The molecule has 0 unspecified atom stereocenters. The van der Waals surface area contributed by atoms with E-state index in [1.54, 1.807) is 6.92 Å². The minimum absolute atomic E-state index is 0.158. The van der Waals surface area contributed by atoms with Crippen LogP contribution in [0.4, 0.5) is 0 Å². The van der Waals surface area contributed by atoms with Crippen molar-refractivity contribution >= 4 is 11.8 Å². The Labute approximate surface area is 108 Å². The van der Waals surface area contributed by atoms with Crippen molar-refractivity contribution in [2.45, 2.75) is 51.1 Å². The maximum Gasteiger partial charge on any atom is 0.221 e. The van der Waals surface area contributed by atoms with Gasteiger partial charge < -0.3 is 15.5 Å². The number of hydrogen-bond donors (Lipinski definition) is 2. The zero-order valence-electron chi connectivity index (χ0n) is 11.1. The van der Waals surface area contributed by atoms with Crippen LogP contribution in [-0.2, 0) is 9.59 Å². The predicted molar refractivity (Wildman–Crippen MR) is 69.1 cm³/mol. The van der Waals surface area contributed by atoms with E-state index in [9.17, 15) is 9.59 Å². The number of hydrogen-bond acceptors (Lipinski definition) is 3. The van der Waals surface area contributed by atoms with Crippen molar-refractivity contribution in [3.8, 4) is 0 Å². The lowest BCUT2D eigenvalue weighted by Crippen LogP contribution is -2.44. The van der Waals surface area contributed by atoms with Crippen LogP contribution in [0.5, 0.6) is 0 Å². The molecule has 0 aromatic rings. The van der Waals surface area contributed by atoms with Crippen LogP contribution >= 0.6 is 0 Å². The van der Waals surface area contributed by atoms with E-state index in [-0.39, 0.29) is 11.8 Å². The highest BCUT2D eigenvalue weighted by Gasteiger charge is 2.23.